The molecule has 0 radical (unpaired) electrons. The first-order valence-corrected chi connectivity index (χ1v) is 5.85. The summed E-state index contributed by atoms with van der Waals surface area (Å²) in [7, 11) is -3.86. The number of aliphatic carboxylic acids is 1. The fraction of sp³-hybridized carbons (Fsp3) is 0.222. The number of carbonyl (C=O) groups is 1. The average Bonchev–Trinajstić information content (AvgIpc) is 2.16. The Bertz CT molecular complexity index is 486. The molecule has 1 N–H and O–H groups in total. The van der Waals surface area contributed by atoms with Gasteiger partial charge < -0.3 is 9.90 Å². The monoisotopic (exact) mass is 246 g/mol. The largest absolute Gasteiger partial charge is 0.550 e. The van der Waals surface area contributed by atoms with Gasteiger partial charge in [-0.3, -0.25) is 0 Å². The summed E-state index contributed by atoms with van der Waals surface area (Å²) in [5.41, 5.74) is 0. The van der Waals surface area contributed by atoms with Gasteiger partial charge in [-0.1, -0.05) is 6.07 Å². The maximum atomic E-state index is 12.8. The quantitative estimate of drug-likeness (QED) is 0.740. The molecular weight excluding hydrogens is 237 g/mol. The Balaban J connectivity index is 2.74. The fourth-order valence-electron chi connectivity index (χ4n) is 1.00. The molecular formula is C9H9FNO4S-. The number of carboxylic acids is 1. The predicted molar refractivity (Wildman–Crippen MR) is 51.2 cm³/mol. The molecule has 88 valence electrons. The third kappa shape index (κ3) is 3.59. The van der Waals surface area contributed by atoms with Crippen LogP contribution in [0.5, 0.6) is 0 Å². The van der Waals surface area contributed by atoms with Gasteiger partial charge >= 0.3 is 0 Å². The van der Waals surface area contributed by atoms with Crippen LogP contribution in [0, 0.1) is 5.82 Å². The summed E-state index contributed by atoms with van der Waals surface area (Å²) in [6.45, 7) is -0.290. The van der Waals surface area contributed by atoms with E-state index in [2.05, 4.69) is 0 Å². The molecule has 0 fully saturated rings. The minimum Gasteiger partial charge on any atom is -0.550 e. The van der Waals surface area contributed by atoms with E-state index in [0.717, 1.165) is 12.1 Å². The van der Waals surface area contributed by atoms with Crippen molar-refractivity contribution in [3.05, 3.63) is 30.1 Å². The lowest BCUT2D eigenvalue weighted by Crippen LogP contribution is -2.31. The van der Waals surface area contributed by atoms with Crippen molar-refractivity contribution in [2.45, 2.75) is 11.3 Å². The molecule has 16 heavy (non-hydrogen) atoms. The van der Waals surface area contributed by atoms with Gasteiger partial charge in [0.05, 0.1) is 4.90 Å². The van der Waals surface area contributed by atoms with Crippen LogP contribution in [0.2, 0.25) is 0 Å². The summed E-state index contributed by atoms with van der Waals surface area (Å²) >= 11 is 0. The van der Waals surface area contributed by atoms with Gasteiger partial charge in [-0.25, -0.2) is 17.5 Å². The SMILES string of the molecule is O=C([O-])CCNS(=O)(=O)c1cccc(F)c1. The topological polar surface area (TPSA) is 86.3 Å². The molecule has 1 aromatic carbocycles. The van der Waals surface area contributed by atoms with Crippen molar-refractivity contribution in [2.75, 3.05) is 6.54 Å². The number of sulfonamides is 1. The highest BCUT2D eigenvalue weighted by molar-refractivity contribution is 7.89. The van der Waals surface area contributed by atoms with Gasteiger partial charge in [0.15, 0.2) is 0 Å². The Kier molecular flexibility index (Phi) is 3.97. The van der Waals surface area contributed by atoms with Crippen molar-refractivity contribution in [1.82, 2.24) is 4.72 Å². The maximum Gasteiger partial charge on any atom is 0.240 e. The molecule has 0 aromatic heterocycles. The summed E-state index contributed by atoms with van der Waals surface area (Å²) in [4.78, 5) is 9.83. The Hall–Kier alpha value is -1.47. The maximum absolute atomic E-state index is 12.8. The predicted octanol–water partition coefficient (Wildman–Crippen LogP) is -0.756. The highest BCUT2D eigenvalue weighted by Gasteiger charge is 2.13. The smallest absolute Gasteiger partial charge is 0.240 e. The zero-order valence-corrected chi connectivity index (χ0v) is 8.96. The van der Waals surface area contributed by atoms with E-state index in [1.807, 2.05) is 4.72 Å². The van der Waals surface area contributed by atoms with E-state index in [-0.39, 0.29) is 11.4 Å². The molecule has 0 amide bonds. The zero-order chi connectivity index (χ0) is 12.2. The first kappa shape index (κ1) is 12.6. The highest BCUT2D eigenvalue weighted by Crippen LogP contribution is 2.09. The van der Waals surface area contributed by atoms with Gasteiger partial charge in [0.2, 0.25) is 10.0 Å². The van der Waals surface area contributed by atoms with Crippen molar-refractivity contribution in [1.29, 1.82) is 0 Å². The summed E-state index contributed by atoms with van der Waals surface area (Å²) in [5, 5.41) is 10.1. The molecule has 0 aliphatic carbocycles. The molecule has 0 aliphatic rings. The van der Waals surface area contributed by atoms with Crippen LogP contribution in [0.1, 0.15) is 6.42 Å². The van der Waals surface area contributed by atoms with Crippen LogP contribution < -0.4 is 9.83 Å². The summed E-state index contributed by atoms with van der Waals surface area (Å²) in [5.74, 6) is -2.04. The summed E-state index contributed by atoms with van der Waals surface area (Å²) < 4.78 is 37.7. The van der Waals surface area contributed by atoms with Crippen LogP contribution in [-0.4, -0.2) is 20.9 Å². The van der Waals surface area contributed by atoms with E-state index < -0.39 is 28.2 Å². The Morgan fingerprint density at radius 2 is 2.12 bits per heavy atom. The van der Waals surface area contributed by atoms with Crippen LogP contribution in [0.3, 0.4) is 0 Å². The molecule has 0 aliphatic heterocycles. The normalized spacial score (nSPS) is 11.3. The second-order valence-corrected chi connectivity index (χ2v) is 4.74. The number of hydrogen-bond acceptors (Lipinski definition) is 4. The lowest BCUT2D eigenvalue weighted by Gasteiger charge is -2.06. The van der Waals surface area contributed by atoms with E-state index in [1.165, 1.54) is 12.1 Å². The Morgan fingerprint density at radius 1 is 1.44 bits per heavy atom. The molecule has 0 atom stereocenters. The highest BCUT2D eigenvalue weighted by atomic mass is 32.2. The third-order valence-corrected chi connectivity index (χ3v) is 3.19. The van der Waals surface area contributed by atoms with Crippen molar-refractivity contribution in [2.24, 2.45) is 0 Å². The van der Waals surface area contributed by atoms with Crippen LogP contribution in [-0.2, 0) is 14.8 Å². The standard InChI is InChI=1S/C9H10FNO4S/c10-7-2-1-3-8(6-7)16(14,15)11-5-4-9(12)13/h1-3,6,11H,4-5H2,(H,12,13)/p-1. The third-order valence-electron chi connectivity index (χ3n) is 1.73. The molecule has 0 unspecified atom stereocenters. The molecule has 0 saturated carbocycles. The molecule has 7 heteroatoms. The van der Waals surface area contributed by atoms with Crippen molar-refractivity contribution in [3.8, 4) is 0 Å². The molecule has 5 nitrogen and oxygen atoms in total. The van der Waals surface area contributed by atoms with E-state index in [1.54, 1.807) is 0 Å². The second-order valence-electron chi connectivity index (χ2n) is 2.98. The van der Waals surface area contributed by atoms with Gasteiger partial charge in [0.1, 0.15) is 5.82 Å². The van der Waals surface area contributed by atoms with Gasteiger partial charge in [-0.05, 0) is 18.2 Å². The summed E-state index contributed by atoms with van der Waals surface area (Å²) in [6, 6.07) is 4.43. The van der Waals surface area contributed by atoms with Crippen molar-refractivity contribution in [3.63, 3.8) is 0 Å². The van der Waals surface area contributed by atoms with Crippen LogP contribution >= 0.6 is 0 Å². The van der Waals surface area contributed by atoms with Gasteiger partial charge in [-0.15, -0.1) is 0 Å². The minimum atomic E-state index is -3.86. The molecule has 1 rings (SSSR count). The van der Waals surface area contributed by atoms with Gasteiger partial charge in [0, 0.05) is 18.9 Å². The lowest BCUT2D eigenvalue weighted by atomic mass is 10.4. The zero-order valence-electron chi connectivity index (χ0n) is 8.14. The number of halogens is 1. The van der Waals surface area contributed by atoms with E-state index >= 15 is 0 Å². The molecule has 0 heterocycles. The van der Waals surface area contributed by atoms with Gasteiger partial charge in [0.25, 0.3) is 0 Å². The molecule has 0 saturated heterocycles. The average molecular weight is 246 g/mol. The van der Waals surface area contributed by atoms with Crippen LogP contribution in [0.25, 0.3) is 0 Å². The number of rotatable bonds is 5. The van der Waals surface area contributed by atoms with Crippen LogP contribution in [0.15, 0.2) is 29.2 Å². The number of hydrogen-bond donors (Lipinski definition) is 1. The van der Waals surface area contributed by atoms with Gasteiger partial charge in [-0.2, -0.15) is 0 Å². The molecule has 1 aromatic rings. The van der Waals surface area contributed by atoms with Crippen LogP contribution in [0.4, 0.5) is 4.39 Å². The number of carbonyl (C=O) groups excluding carboxylic acids is 1. The Morgan fingerprint density at radius 3 is 2.69 bits per heavy atom. The fourth-order valence-corrected chi connectivity index (χ4v) is 2.07. The van der Waals surface area contributed by atoms with Crippen molar-refractivity contribution < 1.29 is 22.7 Å². The lowest BCUT2D eigenvalue weighted by molar-refractivity contribution is -0.305. The van der Waals surface area contributed by atoms with E-state index in [4.69, 9.17) is 0 Å². The first-order valence-electron chi connectivity index (χ1n) is 4.37. The minimum absolute atomic E-state index is 0.245. The van der Waals surface area contributed by atoms with E-state index in [9.17, 15) is 22.7 Å². The Labute approximate surface area is 92.0 Å². The van der Waals surface area contributed by atoms with Crippen molar-refractivity contribution >= 4 is 16.0 Å². The first-order chi connectivity index (χ1) is 7.42. The number of benzene rings is 1. The number of carboxylic acid groups (broad SMARTS) is 1. The molecule has 0 spiro atoms. The summed E-state index contributed by atoms with van der Waals surface area (Å²) in [6.07, 6.45) is -0.436. The van der Waals surface area contributed by atoms with E-state index in [0.29, 0.717) is 0 Å². The molecule has 0 bridgehead atoms. The number of nitrogens with one attached hydrogen (secondary N) is 1. The second kappa shape index (κ2) is 5.04.